The number of aromatic amines is 1. The molecule has 23 heavy (non-hydrogen) atoms. The van der Waals surface area contributed by atoms with Gasteiger partial charge in [0.25, 0.3) is 0 Å². The third kappa shape index (κ3) is 3.66. The third-order valence-corrected chi connectivity index (χ3v) is 4.18. The third-order valence-electron chi connectivity index (χ3n) is 3.60. The van der Waals surface area contributed by atoms with E-state index in [-0.39, 0.29) is 0 Å². The molecular formula is C19H16Cl2N2. The van der Waals surface area contributed by atoms with E-state index in [2.05, 4.69) is 23.7 Å². The molecule has 0 atom stereocenters. The molecule has 2 nitrogen and oxygen atoms in total. The van der Waals surface area contributed by atoms with Gasteiger partial charge in [0.2, 0.25) is 0 Å². The molecule has 0 spiro atoms. The maximum atomic E-state index is 6.26. The van der Waals surface area contributed by atoms with Gasteiger partial charge in [-0.15, -0.1) is 6.58 Å². The van der Waals surface area contributed by atoms with Gasteiger partial charge >= 0.3 is 0 Å². The van der Waals surface area contributed by atoms with Crippen LogP contribution in [-0.2, 0) is 12.8 Å². The van der Waals surface area contributed by atoms with Crippen LogP contribution in [0.3, 0.4) is 0 Å². The van der Waals surface area contributed by atoms with Crippen LogP contribution >= 0.6 is 23.2 Å². The highest BCUT2D eigenvalue weighted by atomic mass is 35.5. The molecular weight excluding hydrogens is 327 g/mol. The van der Waals surface area contributed by atoms with Crippen molar-refractivity contribution in [3.8, 4) is 11.3 Å². The zero-order valence-corrected chi connectivity index (χ0v) is 14.0. The van der Waals surface area contributed by atoms with E-state index in [1.807, 2.05) is 36.4 Å². The first kappa shape index (κ1) is 15.9. The molecule has 0 aliphatic heterocycles. The molecule has 1 aromatic heterocycles. The van der Waals surface area contributed by atoms with Crippen LogP contribution in [0.1, 0.15) is 17.1 Å². The molecule has 2 aromatic carbocycles. The predicted octanol–water partition coefficient (Wildman–Crippen LogP) is 5.70. The van der Waals surface area contributed by atoms with Gasteiger partial charge in [-0.05, 0) is 17.7 Å². The van der Waals surface area contributed by atoms with Gasteiger partial charge in [0.15, 0.2) is 0 Å². The molecule has 0 fully saturated rings. The highest BCUT2D eigenvalue weighted by molar-refractivity contribution is 6.35. The summed E-state index contributed by atoms with van der Waals surface area (Å²) in [4.78, 5) is 8.16. The average molecular weight is 343 g/mol. The van der Waals surface area contributed by atoms with Gasteiger partial charge in [0, 0.05) is 34.1 Å². The highest BCUT2D eigenvalue weighted by Crippen LogP contribution is 2.26. The molecule has 0 aliphatic rings. The normalized spacial score (nSPS) is 10.7. The molecule has 116 valence electrons. The van der Waals surface area contributed by atoms with Crippen LogP contribution in [-0.4, -0.2) is 9.97 Å². The van der Waals surface area contributed by atoms with Crippen LogP contribution in [0.15, 0.2) is 61.2 Å². The van der Waals surface area contributed by atoms with Gasteiger partial charge in [-0.3, -0.25) is 0 Å². The summed E-state index contributed by atoms with van der Waals surface area (Å²) in [6, 6.07) is 15.7. The summed E-state index contributed by atoms with van der Waals surface area (Å²) in [6.07, 6.45) is 3.25. The Kier molecular flexibility index (Phi) is 4.85. The molecule has 0 saturated carbocycles. The van der Waals surface area contributed by atoms with Crippen LogP contribution in [0.5, 0.6) is 0 Å². The zero-order chi connectivity index (χ0) is 16.2. The maximum Gasteiger partial charge on any atom is 0.111 e. The Bertz CT molecular complexity index is 823. The SMILES string of the molecule is C=CCc1[nH]c(Cc2ccc(Cl)cc2Cl)nc1-c1ccccc1. The van der Waals surface area contributed by atoms with E-state index in [0.29, 0.717) is 16.5 Å². The van der Waals surface area contributed by atoms with E-state index < -0.39 is 0 Å². The number of nitrogens with zero attached hydrogens (tertiary/aromatic N) is 1. The standard InChI is InChI=1S/C19H16Cl2N2/c1-2-6-17-19(13-7-4-3-5-8-13)23-18(22-17)11-14-9-10-15(20)12-16(14)21/h2-5,7-10,12H,1,6,11H2,(H,22,23). The van der Waals surface area contributed by atoms with Gasteiger partial charge in [-0.2, -0.15) is 0 Å². The smallest absolute Gasteiger partial charge is 0.111 e. The Morgan fingerprint density at radius 2 is 1.87 bits per heavy atom. The lowest BCUT2D eigenvalue weighted by molar-refractivity contribution is 1.01. The summed E-state index contributed by atoms with van der Waals surface area (Å²) in [5.41, 5.74) is 4.11. The number of allylic oxidation sites excluding steroid dienone is 1. The second kappa shape index (κ2) is 7.03. The summed E-state index contributed by atoms with van der Waals surface area (Å²) < 4.78 is 0. The summed E-state index contributed by atoms with van der Waals surface area (Å²) >= 11 is 12.2. The molecule has 0 aliphatic carbocycles. The predicted molar refractivity (Wildman–Crippen MR) is 97.2 cm³/mol. The molecule has 0 bridgehead atoms. The van der Waals surface area contributed by atoms with E-state index in [4.69, 9.17) is 28.2 Å². The van der Waals surface area contributed by atoms with Gasteiger partial charge in [0.1, 0.15) is 5.82 Å². The topological polar surface area (TPSA) is 28.7 Å². The Hall–Kier alpha value is -2.03. The van der Waals surface area contributed by atoms with Crippen LogP contribution in [0, 0.1) is 0 Å². The quantitative estimate of drug-likeness (QED) is 0.591. The summed E-state index contributed by atoms with van der Waals surface area (Å²) in [6.45, 7) is 3.82. The fourth-order valence-corrected chi connectivity index (χ4v) is 3.00. The number of hydrogen-bond acceptors (Lipinski definition) is 1. The number of nitrogens with one attached hydrogen (secondary N) is 1. The van der Waals surface area contributed by atoms with Gasteiger partial charge in [-0.1, -0.05) is 65.7 Å². The first-order valence-electron chi connectivity index (χ1n) is 7.35. The number of imidazole rings is 1. The number of hydrogen-bond donors (Lipinski definition) is 1. The second-order valence-electron chi connectivity index (χ2n) is 5.28. The maximum absolute atomic E-state index is 6.26. The largest absolute Gasteiger partial charge is 0.345 e. The number of benzene rings is 2. The fraction of sp³-hybridized carbons (Fsp3) is 0.105. The molecule has 0 amide bonds. The number of aromatic nitrogens is 2. The Morgan fingerprint density at radius 1 is 1.09 bits per heavy atom. The molecule has 1 N–H and O–H groups in total. The number of H-pyrrole nitrogens is 1. The first-order chi connectivity index (χ1) is 11.2. The lowest BCUT2D eigenvalue weighted by Crippen LogP contribution is -1.92. The molecule has 0 radical (unpaired) electrons. The Morgan fingerprint density at radius 3 is 2.57 bits per heavy atom. The van der Waals surface area contributed by atoms with Crippen molar-refractivity contribution < 1.29 is 0 Å². The van der Waals surface area contributed by atoms with Crippen LogP contribution < -0.4 is 0 Å². The van der Waals surface area contributed by atoms with Crippen molar-refractivity contribution in [2.45, 2.75) is 12.8 Å². The monoisotopic (exact) mass is 342 g/mol. The van der Waals surface area contributed by atoms with E-state index in [0.717, 1.165) is 34.8 Å². The van der Waals surface area contributed by atoms with Crippen LogP contribution in [0.25, 0.3) is 11.3 Å². The van der Waals surface area contributed by atoms with Gasteiger partial charge < -0.3 is 4.98 Å². The number of halogens is 2. The first-order valence-corrected chi connectivity index (χ1v) is 8.11. The van der Waals surface area contributed by atoms with Crippen molar-refractivity contribution in [1.82, 2.24) is 9.97 Å². The lowest BCUT2D eigenvalue weighted by atomic mass is 10.1. The van der Waals surface area contributed by atoms with E-state index >= 15 is 0 Å². The van der Waals surface area contributed by atoms with Crippen molar-refractivity contribution in [2.24, 2.45) is 0 Å². The molecule has 4 heteroatoms. The fourth-order valence-electron chi connectivity index (χ4n) is 2.52. The van der Waals surface area contributed by atoms with Crippen molar-refractivity contribution >= 4 is 23.2 Å². The summed E-state index contributed by atoms with van der Waals surface area (Å²) in [5, 5.41) is 1.29. The number of rotatable bonds is 5. The van der Waals surface area contributed by atoms with Gasteiger partial charge in [-0.25, -0.2) is 4.98 Å². The average Bonchev–Trinajstić information content (AvgIpc) is 2.94. The van der Waals surface area contributed by atoms with E-state index in [1.54, 1.807) is 6.07 Å². The minimum atomic E-state index is 0.632. The van der Waals surface area contributed by atoms with E-state index in [9.17, 15) is 0 Å². The van der Waals surface area contributed by atoms with Crippen LogP contribution in [0.4, 0.5) is 0 Å². The minimum absolute atomic E-state index is 0.632. The van der Waals surface area contributed by atoms with Crippen molar-refractivity contribution in [1.29, 1.82) is 0 Å². The lowest BCUT2D eigenvalue weighted by Gasteiger charge is -2.02. The van der Waals surface area contributed by atoms with Crippen molar-refractivity contribution in [3.05, 3.63) is 88.3 Å². The molecule has 0 saturated heterocycles. The summed E-state index contributed by atoms with van der Waals surface area (Å²) in [5.74, 6) is 0.880. The van der Waals surface area contributed by atoms with Gasteiger partial charge in [0.05, 0.1) is 5.69 Å². The molecule has 3 aromatic rings. The van der Waals surface area contributed by atoms with Crippen molar-refractivity contribution in [3.63, 3.8) is 0 Å². The highest BCUT2D eigenvalue weighted by Gasteiger charge is 2.12. The second-order valence-corrected chi connectivity index (χ2v) is 6.13. The molecule has 0 unspecified atom stereocenters. The molecule has 3 rings (SSSR count). The minimum Gasteiger partial charge on any atom is -0.345 e. The Balaban J connectivity index is 1.96. The van der Waals surface area contributed by atoms with Crippen molar-refractivity contribution in [2.75, 3.05) is 0 Å². The van der Waals surface area contributed by atoms with E-state index in [1.165, 1.54) is 0 Å². The zero-order valence-electron chi connectivity index (χ0n) is 12.5. The summed E-state index contributed by atoms with van der Waals surface area (Å²) in [7, 11) is 0. The Labute approximate surface area is 145 Å². The van der Waals surface area contributed by atoms with Crippen LogP contribution in [0.2, 0.25) is 10.0 Å². The molecule has 1 heterocycles.